The SMILES string of the molecule is O=c1[nH]c(C(F)(F)F)cc(O)c1-c1cc(Cl)c(Cl)c(Cl)c1. The number of hydrogen-bond donors (Lipinski definition) is 2. The van der Waals surface area contributed by atoms with E-state index in [1.54, 1.807) is 4.98 Å². The summed E-state index contributed by atoms with van der Waals surface area (Å²) in [6.45, 7) is 0. The third-order valence-electron chi connectivity index (χ3n) is 2.59. The Bertz CT molecular complexity index is 748. The summed E-state index contributed by atoms with van der Waals surface area (Å²) < 4.78 is 37.6. The molecule has 21 heavy (non-hydrogen) atoms. The van der Waals surface area contributed by atoms with Crippen LogP contribution in [0, 0.1) is 0 Å². The van der Waals surface area contributed by atoms with E-state index in [1.165, 1.54) is 12.1 Å². The number of aromatic amines is 1. The highest BCUT2D eigenvalue weighted by atomic mass is 35.5. The lowest BCUT2D eigenvalue weighted by molar-refractivity contribution is -0.141. The zero-order valence-electron chi connectivity index (χ0n) is 9.86. The van der Waals surface area contributed by atoms with Gasteiger partial charge in [0.15, 0.2) is 0 Å². The quantitative estimate of drug-likeness (QED) is 0.724. The highest BCUT2D eigenvalue weighted by molar-refractivity contribution is 6.48. The van der Waals surface area contributed by atoms with Crippen molar-refractivity contribution in [1.29, 1.82) is 0 Å². The fraction of sp³-hybridized carbons (Fsp3) is 0.0833. The van der Waals surface area contributed by atoms with Gasteiger partial charge in [0, 0.05) is 6.07 Å². The van der Waals surface area contributed by atoms with Gasteiger partial charge >= 0.3 is 6.18 Å². The van der Waals surface area contributed by atoms with Gasteiger partial charge in [0.25, 0.3) is 5.56 Å². The smallest absolute Gasteiger partial charge is 0.431 e. The number of benzene rings is 1. The molecule has 1 aromatic carbocycles. The summed E-state index contributed by atoms with van der Waals surface area (Å²) in [5.41, 5.74) is -2.83. The van der Waals surface area contributed by atoms with Gasteiger partial charge in [-0.25, -0.2) is 0 Å². The summed E-state index contributed by atoms with van der Waals surface area (Å²) >= 11 is 17.3. The number of pyridine rings is 1. The Hall–Kier alpha value is -1.37. The summed E-state index contributed by atoms with van der Waals surface area (Å²) in [6, 6.07) is 2.84. The maximum absolute atomic E-state index is 12.5. The van der Waals surface area contributed by atoms with Crippen molar-refractivity contribution in [3.8, 4) is 16.9 Å². The largest absolute Gasteiger partial charge is 0.507 e. The number of aromatic hydroxyl groups is 1. The third-order valence-corrected chi connectivity index (χ3v) is 3.79. The van der Waals surface area contributed by atoms with E-state index in [9.17, 15) is 23.1 Å². The number of H-pyrrole nitrogens is 1. The number of nitrogens with one attached hydrogen (secondary N) is 1. The molecule has 9 heteroatoms. The Morgan fingerprint density at radius 3 is 2.00 bits per heavy atom. The lowest BCUT2D eigenvalue weighted by atomic mass is 10.1. The van der Waals surface area contributed by atoms with Crippen LogP contribution in [-0.2, 0) is 6.18 Å². The van der Waals surface area contributed by atoms with Crippen LogP contribution in [0.25, 0.3) is 11.1 Å². The molecule has 0 spiro atoms. The molecular weight excluding hydrogens is 353 g/mol. The van der Waals surface area contributed by atoms with Gasteiger partial charge in [0.1, 0.15) is 11.4 Å². The minimum atomic E-state index is -4.79. The van der Waals surface area contributed by atoms with Crippen molar-refractivity contribution in [2.24, 2.45) is 0 Å². The minimum Gasteiger partial charge on any atom is -0.507 e. The van der Waals surface area contributed by atoms with Crippen LogP contribution in [0.5, 0.6) is 5.75 Å². The van der Waals surface area contributed by atoms with Crippen molar-refractivity contribution in [2.45, 2.75) is 6.18 Å². The molecule has 3 nitrogen and oxygen atoms in total. The average Bonchev–Trinajstić information content (AvgIpc) is 2.33. The number of aromatic nitrogens is 1. The summed E-state index contributed by atoms with van der Waals surface area (Å²) in [4.78, 5) is 13.4. The molecule has 0 unspecified atom stereocenters. The maximum atomic E-state index is 12.5. The first kappa shape index (κ1) is 16.0. The Kier molecular flexibility index (Phi) is 4.15. The predicted octanol–water partition coefficient (Wildman–Crippen LogP) is 4.73. The monoisotopic (exact) mass is 357 g/mol. The van der Waals surface area contributed by atoms with E-state index in [-0.39, 0.29) is 26.2 Å². The molecule has 0 aliphatic rings. The Morgan fingerprint density at radius 1 is 1.05 bits per heavy atom. The van der Waals surface area contributed by atoms with Crippen LogP contribution in [0.3, 0.4) is 0 Å². The van der Waals surface area contributed by atoms with Crippen LogP contribution < -0.4 is 5.56 Å². The molecule has 2 N–H and O–H groups in total. The van der Waals surface area contributed by atoms with Gasteiger partial charge in [-0.05, 0) is 17.7 Å². The van der Waals surface area contributed by atoms with E-state index >= 15 is 0 Å². The van der Waals surface area contributed by atoms with Crippen molar-refractivity contribution in [3.05, 3.63) is 49.3 Å². The van der Waals surface area contributed by atoms with E-state index in [4.69, 9.17) is 34.8 Å². The fourth-order valence-electron chi connectivity index (χ4n) is 1.68. The second-order valence-corrected chi connectivity index (χ2v) is 5.22. The fourth-order valence-corrected chi connectivity index (χ4v) is 2.27. The van der Waals surface area contributed by atoms with Gasteiger partial charge < -0.3 is 10.1 Å². The lowest BCUT2D eigenvalue weighted by Gasteiger charge is -2.10. The number of halogens is 6. The van der Waals surface area contributed by atoms with Crippen molar-refractivity contribution in [3.63, 3.8) is 0 Å². The molecule has 2 rings (SSSR count). The van der Waals surface area contributed by atoms with Crippen molar-refractivity contribution < 1.29 is 18.3 Å². The van der Waals surface area contributed by atoms with Gasteiger partial charge in [-0.3, -0.25) is 4.79 Å². The molecule has 0 fully saturated rings. The van der Waals surface area contributed by atoms with E-state index < -0.39 is 23.2 Å². The highest BCUT2D eigenvalue weighted by Crippen LogP contribution is 2.37. The molecule has 0 saturated heterocycles. The molecule has 1 heterocycles. The van der Waals surface area contributed by atoms with E-state index in [2.05, 4.69) is 0 Å². The lowest BCUT2D eigenvalue weighted by Crippen LogP contribution is -2.17. The average molecular weight is 359 g/mol. The molecule has 0 amide bonds. The maximum Gasteiger partial charge on any atom is 0.431 e. The second kappa shape index (κ2) is 5.44. The van der Waals surface area contributed by atoms with Crippen molar-refractivity contribution in [1.82, 2.24) is 4.98 Å². The van der Waals surface area contributed by atoms with Crippen molar-refractivity contribution >= 4 is 34.8 Å². The second-order valence-electron chi connectivity index (χ2n) is 4.02. The molecule has 112 valence electrons. The predicted molar refractivity (Wildman–Crippen MR) is 74.2 cm³/mol. The topological polar surface area (TPSA) is 53.1 Å². The van der Waals surface area contributed by atoms with Gasteiger partial charge in [0.05, 0.1) is 20.6 Å². The molecule has 1 aromatic heterocycles. The molecule has 0 aliphatic heterocycles. The Morgan fingerprint density at radius 2 is 1.57 bits per heavy atom. The third kappa shape index (κ3) is 3.12. The van der Waals surface area contributed by atoms with Crippen LogP contribution >= 0.6 is 34.8 Å². The van der Waals surface area contributed by atoms with E-state index in [0.29, 0.717) is 6.07 Å². The Labute approximate surface area is 130 Å². The zero-order valence-corrected chi connectivity index (χ0v) is 12.1. The zero-order chi connectivity index (χ0) is 15.9. The highest BCUT2D eigenvalue weighted by Gasteiger charge is 2.33. The van der Waals surface area contributed by atoms with Gasteiger partial charge in [-0.1, -0.05) is 34.8 Å². The molecule has 2 aromatic rings. The molecular formula is C12H5Cl3F3NO2. The molecule has 0 saturated carbocycles. The molecule has 0 radical (unpaired) electrons. The molecule has 0 aliphatic carbocycles. The number of rotatable bonds is 1. The van der Waals surface area contributed by atoms with Crippen LogP contribution in [0.15, 0.2) is 23.0 Å². The number of alkyl halides is 3. The molecule has 0 bridgehead atoms. The first-order valence-corrected chi connectivity index (χ1v) is 6.43. The first-order valence-electron chi connectivity index (χ1n) is 5.29. The van der Waals surface area contributed by atoms with Crippen LogP contribution in [0.1, 0.15) is 5.69 Å². The van der Waals surface area contributed by atoms with Gasteiger partial charge in [0.2, 0.25) is 0 Å². The van der Waals surface area contributed by atoms with Crippen molar-refractivity contribution in [2.75, 3.05) is 0 Å². The molecule has 0 atom stereocenters. The van der Waals surface area contributed by atoms with Crippen LogP contribution in [0.4, 0.5) is 13.2 Å². The minimum absolute atomic E-state index is 0.00198. The van der Waals surface area contributed by atoms with Crippen LogP contribution in [-0.4, -0.2) is 10.1 Å². The number of hydrogen-bond acceptors (Lipinski definition) is 2. The first-order chi connectivity index (χ1) is 9.61. The van der Waals surface area contributed by atoms with E-state index in [0.717, 1.165) is 0 Å². The summed E-state index contributed by atoms with van der Waals surface area (Å²) in [6.07, 6.45) is -4.79. The van der Waals surface area contributed by atoms with E-state index in [1.807, 2.05) is 0 Å². The Balaban J connectivity index is 2.69. The summed E-state index contributed by atoms with van der Waals surface area (Å²) in [5.74, 6) is -0.847. The van der Waals surface area contributed by atoms with Gasteiger partial charge in [-0.15, -0.1) is 0 Å². The van der Waals surface area contributed by atoms with Gasteiger partial charge in [-0.2, -0.15) is 13.2 Å². The standard InChI is InChI=1S/C12H5Cl3F3NO2/c13-5-1-4(2-6(14)10(5)15)9-7(20)3-8(12(16,17)18)19-11(9)21/h1-3H,(H2,19,20,21). The summed E-state index contributed by atoms with van der Waals surface area (Å²) in [5, 5.41) is 9.73. The van der Waals surface area contributed by atoms with Crippen LogP contribution in [0.2, 0.25) is 15.1 Å². The normalized spacial score (nSPS) is 11.7. The summed E-state index contributed by atoms with van der Waals surface area (Å²) in [7, 11) is 0.